The zero-order valence-corrected chi connectivity index (χ0v) is 32.3. The molecule has 0 unspecified atom stereocenters. The molecule has 0 saturated carbocycles. The van der Waals surface area contributed by atoms with Gasteiger partial charge in [-0.05, 0) is 63.5 Å². The minimum absolute atomic E-state index is 0. The van der Waals surface area contributed by atoms with E-state index in [0.29, 0.717) is 19.3 Å². The van der Waals surface area contributed by atoms with E-state index in [1.807, 2.05) is 0 Å². The predicted molar refractivity (Wildman–Crippen MR) is 177 cm³/mol. The maximum absolute atomic E-state index is 12.9. The Kier molecular flexibility index (Phi) is 28.8. The van der Waals surface area contributed by atoms with Gasteiger partial charge in [0.05, 0.1) is 29.2 Å². The molecule has 9 heteroatoms. The third-order valence-electron chi connectivity index (χ3n) is 7.50. The number of hydrogen-bond donors (Lipinski definition) is 0. The molecule has 0 fully saturated rings. The van der Waals surface area contributed by atoms with E-state index in [9.17, 15) is 22.6 Å². The van der Waals surface area contributed by atoms with E-state index < -0.39 is 32.5 Å². The van der Waals surface area contributed by atoms with Gasteiger partial charge in [-0.3, -0.25) is 0 Å². The molecule has 7 nitrogen and oxygen atoms in total. The molecule has 0 bridgehead atoms. The Bertz CT molecular complexity index is 1080. The fraction of sp³-hybridized carbons (Fsp3) is 0.667. The topological polar surface area (TPSA) is 110 Å². The molecular weight excluding hydrogens is 616 g/mol. The molecule has 1 aromatic rings. The molecule has 0 aliphatic carbocycles. The summed E-state index contributed by atoms with van der Waals surface area (Å²) in [6.07, 6.45) is 30.8. The fourth-order valence-corrected chi connectivity index (χ4v) is 5.60. The third-order valence-corrected chi connectivity index (χ3v) is 8.38. The average Bonchev–Trinajstić information content (AvgIpc) is 3.00. The first-order valence-electron chi connectivity index (χ1n) is 17.1. The summed E-state index contributed by atoms with van der Waals surface area (Å²) in [6.45, 7) is 4.58. The van der Waals surface area contributed by atoms with Gasteiger partial charge in [0.1, 0.15) is 10.1 Å². The second-order valence-corrected chi connectivity index (χ2v) is 12.8. The molecule has 1 rings (SSSR count). The number of carbonyl (C=O) groups is 2. The van der Waals surface area contributed by atoms with Crippen LogP contribution in [0.25, 0.3) is 0 Å². The van der Waals surface area contributed by atoms with Crippen LogP contribution in [-0.4, -0.2) is 38.1 Å². The SMILES string of the molecule is CCCCCCCCC/C=C/CCCOC(=O)c1cccc(S(=O)(=O)[O-])c1C(=O)OCCC/C=C/CCCCCCCCC.[K+]. The maximum Gasteiger partial charge on any atom is 1.00 e. The second kappa shape index (κ2) is 29.3. The van der Waals surface area contributed by atoms with Gasteiger partial charge < -0.3 is 14.0 Å². The van der Waals surface area contributed by atoms with Gasteiger partial charge in [0, 0.05) is 0 Å². The van der Waals surface area contributed by atoms with Crippen LogP contribution in [-0.2, 0) is 19.6 Å². The molecule has 0 radical (unpaired) electrons. The van der Waals surface area contributed by atoms with E-state index in [0.717, 1.165) is 31.7 Å². The van der Waals surface area contributed by atoms with Crippen LogP contribution in [0.2, 0.25) is 0 Å². The summed E-state index contributed by atoms with van der Waals surface area (Å²) in [6, 6.07) is 3.54. The Morgan fingerprint density at radius 3 is 1.47 bits per heavy atom. The fourth-order valence-electron chi connectivity index (χ4n) is 4.91. The van der Waals surface area contributed by atoms with Crippen LogP contribution in [0.3, 0.4) is 0 Å². The Labute approximate surface area is 316 Å². The van der Waals surface area contributed by atoms with E-state index >= 15 is 0 Å². The van der Waals surface area contributed by atoms with Crippen LogP contribution >= 0.6 is 0 Å². The van der Waals surface area contributed by atoms with Crippen LogP contribution in [0.15, 0.2) is 47.4 Å². The Balaban J connectivity index is 0.0000194. The van der Waals surface area contributed by atoms with Crippen molar-refractivity contribution in [3.05, 3.63) is 53.6 Å². The van der Waals surface area contributed by atoms with Crippen molar-refractivity contribution >= 4 is 22.1 Å². The molecule has 0 spiro atoms. The van der Waals surface area contributed by atoms with E-state index in [-0.39, 0.29) is 70.2 Å². The van der Waals surface area contributed by atoms with Gasteiger partial charge in [-0.25, -0.2) is 18.0 Å². The summed E-state index contributed by atoms with van der Waals surface area (Å²) in [5.41, 5.74) is -0.840. The molecule has 0 saturated heterocycles. The number of esters is 2. The monoisotopic (exact) mass is 672 g/mol. The standard InChI is InChI=1S/C36H58O7S.K/c1-3-5-7-9-11-13-15-17-19-21-23-25-30-42-35(37)32-28-27-29-33(44(39,40)41)34(32)36(38)43-31-26-24-22-20-18-16-14-12-10-8-6-4-2;/h19-22,27-29H,3-18,23-26,30-31H2,1-2H3,(H,39,40,41);/q;+1/p-1/b21-19+,22-20+;. The minimum Gasteiger partial charge on any atom is -0.744 e. The van der Waals surface area contributed by atoms with Crippen molar-refractivity contribution in [3.63, 3.8) is 0 Å². The number of benzene rings is 1. The summed E-state index contributed by atoms with van der Waals surface area (Å²) in [5.74, 6) is -1.88. The number of unbranched alkanes of at least 4 members (excludes halogenated alkanes) is 16. The number of rotatable bonds is 27. The van der Waals surface area contributed by atoms with Gasteiger partial charge in [0.15, 0.2) is 0 Å². The predicted octanol–water partition coefficient (Wildman–Crippen LogP) is 6.86. The first-order valence-corrected chi connectivity index (χ1v) is 18.5. The summed E-state index contributed by atoms with van der Waals surface area (Å²) in [4.78, 5) is 24.9. The summed E-state index contributed by atoms with van der Waals surface area (Å²) in [5, 5.41) is 0. The van der Waals surface area contributed by atoms with E-state index in [4.69, 9.17) is 9.47 Å². The first kappa shape index (κ1) is 44.2. The molecule has 0 amide bonds. The van der Waals surface area contributed by atoms with E-state index in [1.165, 1.54) is 95.6 Å². The van der Waals surface area contributed by atoms with Gasteiger partial charge >= 0.3 is 63.3 Å². The van der Waals surface area contributed by atoms with Gasteiger partial charge in [0.25, 0.3) is 0 Å². The van der Waals surface area contributed by atoms with Crippen molar-refractivity contribution in [2.24, 2.45) is 0 Å². The molecule has 0 N–H and O–H groups in total. The zero-order valence-electron chi connectivity index (χ0n) is 28.4. The van der Waals surface area contributed by atoms with Crippen molar-refractivity contribution < 1.29 is 83.4 Å². The van der Waals surface area contributed by atoms with E-state index in [1.54, 1.807) is 0 Å². The summed E-state index contributed by atoms with van der Waals surface area (Å²) < 4.78 is 46.2. The van der Waals surface area contributed by atoms with Gasteiger partial charge in [-0.1, -0.05) is 121 Å². The van der Waals surface area contributed by atoms with Gasteiger partial charge in [-0.2, -0.15) is 0 Å². The molecule has 1 aromatic carbocycles. The van der Waals surface area contributed by atoms with Crippen LogP contribution in [0.1, 0.15) is 163 Å². The average molecular weight is 673 g/mol. The number of carbonyl (C=O) groups excluding carboxylic acids is 2. The van der Waals surface area contributed by atoms with Crippen molar-refractivity contribution in [1.82, 2.24) is 0 Å². The molecule has 45 heavy (non-hydrogen) atoms. The molecule has 0 aromatic heterocycles. The zero-order chi connectivity index (χ0) is 32.3. The Morgan fingerprint density at radius 2 is 1.02 bits per heavy atom. The molecule has 250 valence electrons. The van der Waals surface area contributed by atoms with Crippen LogP contribution in [0, 0.1) is 0 Å². The van der Waals surface area contributed by atoms with Crippen LogP contribution in [0.4, 0.5) is 0 Å². The molecule has 0 atom stereocenters. The molecule has 0 aliphatic heterocycles. The van der Waals surface area contributed by atoms with Crippen LogP contribution < -0.4 is 51.4 Å². The smallest absolute Gasteiger partial charge is 0.744 e. The second-order valence-electron chi connectivity index (χ2n) is 11.5. The van der Waals surface area contributed by atoms with Crippen LogP contribution in [0.5, 0.6) is 0 Å². The number of allylic oxidation sites excluding steroid dienone is 4. The normalized spacial score (nSPS) is 11.6. The molecule has 0 aliphatic rings. The van der Waals surface area contributed by atoms with Crippen molar-refractivity contribution in [1.29, 1.82) is 0 Å². The summed E-state index contributed by atoms with van der Waals surface area (Å²) >= 11 is 0. The molecule has 0 heterocycles. The van der Waals surface area contributed by atoms with Crippen molar-refractivity contribution in [2.75, 3.05) is 13.2 Å². The first-order chi connectivity index (χ1) is 21.3. The largest absolute Gasteiger partial charge is 1.00 e. The minimum atomic E-state index is -5.02. The quantitative estimate of drug-likeness (QED) is 0.0330. The summed E-state index contributed by atoms with van der Waals surface area (Å²) in [7, 11) is -5.02. The molecular formula is C36H57KO7S. The maximum atomic E-state index is 12.9. The third kappa shape index (κ3) is 22.4. The van der Waals surface area contributed by atoms with Gasteiger partial charge in [0.2, 0.25) is 0 Å². The Hall–Kier alpha value is -0.814. The number of ether oxygens (including phenoxy) is 2. The van der Waals surface area contributed by atoms with Gasteiger partial charge in [-0.15, -0.1) is 0 Å². The Morgan fingerprint density at radius 1 is 0.622 bits per heavy atom. The number of hydrogen-bond acceptors (Lipinski definition) is 7. The van der Waals surface area contributed by atoms with E-state index in [2.05, 4.69) is 38.2 Å². The van der Waals surface area contributed by atoms with Crippen molar-refractivity contribution in [3.8, 4) is 0 Å². The van der Waals surface area contributed by atoms with Crippen molar-refractivity contribution in [2.45, 2.75) is 147 Å².